The summed E-state index contributed by atoms with van der Waals surface area (Å²) in [5.41, 5.74) is 1.56. The van der Waals surface area contributed by atoms with Crippen LogP contribution >= 0.6 is 0 Å². The number of hydrogen-bond donors (Lipinski definition) is 1. The number of ether oxygens (including phenoxy) is 1. The second kappa shape index (κ2) is 8.33. The molecule has 1 saturated heterocycles. The van der Waals surface area contributed by atoms with Crippen LogP contribution < -0.4 is 10.2 Å². The van der Waals surface area contributed by atoms with Crippen molar-refractivity contribution >= 4 is 23.5 Å². The number of carbonyl (C=O) groups is 2. The van der Waals surface area contributed by atoms with Crippen LogP contribution in [0.5, 0.6) is 0 Å². The SMILES string of the molecule is CCOC(=O)N1CCN(c2ccc(NC(=O)c3ccccc3)nc2)CC1. The summed E-state index contributed by atoms with van der Waals surface area (Å²) in [5.74, 6) is 0.321. The Morgan fingerprint density at radius 3 is 2.42 bits per heavy atom. The van der Waals surface area contributed by atoms with Gasteiger partial charge in [-0.15, -0.1) is 0 Å². The van der Waals surface area contributed by atoms with E-state index in [2.05, 4.69) is 15.2 Å². The fraction of sp³-hybridized carbons (Fsp3) is 0.316. The average Bonchev–Trinajstić information content (AvgIpc) is 2.69. The summed E-state index contributed by atoms with van der Waals surface area (Å²) < 4.78 is 5.03. The molecule has 2 heterocycles. The van der Waals surface area contributed by atoms with E-state index in [9.17, 15) is 9.59 Å². The Kier molecular flexibility index (Phi) is 5.68. The Balaban J connectivity index is 1.55. The molecule has 1 fully saturated rings. The van der Waals surface area contributed by atoms with Crippen molar-refractivity contribution in [3.63, 3.8) is 0 Å². The van der Waals surface area contributed by atoms with Gasteiger partial charge in [-0.05, 0) is 31.2 Å². The van der Waals surface area contributed by atoms with Crippen LogP contribution in [0.2, 0.25) is 0 Å². The Morgan fingerprint density at radius 1 is 1.08 bits per heavy atom. The second-order valence-corrected chi connectivity index (χ2v) is 5.89. The van der Waals surface area contributed by atoms with E-state index in [0.29, 0.717) is 31.1 Å². The summed E-state index contributed by atoms with van der Waals surface area (Å²) in [6.45, 7) is 4.86. The lowest BCUT2D eigenvalue weighted by Gasteiger charge is -2.35. The highest BCUT2D eigenvalue weighted by atomic mass is 16.6. The summed E-state index contributed by atoms with van der Waals surface area (Å²) in [5, 5.41) is 2.79. The van der Waals surface area contributed by atoms with Gasteiger partial charge in [0.1, 0.15) is 5.82 Å². The number of rotatable bonds is 4. The molecule has 7 nitrogen and oxygen atoms in total. The molecule has 3 rings (SSSR count). The highest BCUT2D eigenvalue weighted by Gasteiger charge is 2.22. The van der Waals surface area contributed by atoms with Crippen molar-refractivity contribution in [3.8, 4) is 0 Å². The van der Waals surface area contributed by atoms with Gasteiger partial charge in [-0.2, -0.15) is 0 Å². The van der Waals surface area contributed by atoms with Crippen molar-refractivity contribution < 1.29 is 14.3 Å². The number of nitrogens with zero attached hydrogens (tertiary/aromatic N) is 3. The molecule has 0 spiro atoms. The number of pyridine rings is 1. The first-order valence-corrected chi connectivity index (χ1v) is 8.66. The van der Waals surface area contributed by atoms with Gasteiger partial charge in [0.15, 0.2) is 0 Å². The number of amides is 2. The molecule has 1 aromatic heterocycles. The first kappa shape index (κ1) is 17.7. The third-order valence-corrected chi connectivity index (χ3v) is 4.20. The van der Waals surface area contributed by atoms with Gasteiger partial charge in [-0.1, -0.05) is 18.2 Å². The molecule has 2 amide bonds. The van der Waals surface area contributed by atoms with Gasteiger partial charge in [-0.25, -0.2) is 9.78 Å². The van der Waals surface area contributed by atoms with E-state index in [0.717, 1.165) is 18.8 Å². The third kappa shape index (κ3) is 4.30. The van der Waals surface area contributed by atoms with Gasteiger partial charge >= 0.3 is 6.09 Å². The minimum absolute atomic E-state index is 0.186. The van der Waals surface area contributed by atoms with Crippen LogP contribution in [-0.2, 0) is 4.74 Å². The number of benzene rings is 1. The largest absolute Gasteiger partial charge is 0.450 e. The van der Waals surface area contributed by atoms with Crippen LogP contribution in [0.15, 0.2) is 48.7 Å². The predicted octanol–water partition coefficient (Wildman–Crippen LogP) is 2.61. The van der Waals surface area contributed by atoms with Crippen molar-refractivity contribution in [2.24, 2.45) is 0 Å². The molecule has 0 bridgehead atoms. The van der Waals surface area contributed by atoms with Gasteiger partial charge in [0, 0.05) is 31.7 Å². The number of aromatic nitrogens is 1. The standard InChI is InChI=1S/C19H22N4O3/c1-2-26-19(25)23-12-10-22(11-13-23)16-8-9-17(20-14-16)21-18(24)15-6-4-3-5-7-15/h3-9,14H,2,10-13H2,1H3,(H,20,21,24). The van der Waals surface area contributed by atoms with E-state index in [1.165, 1.54) is 0 Å². The maximum Gasteiger partial charge on any atom is 0.409 e. The van der Waals surface area contributed by atoms with Crippen LogP contribution in [-0.4, -0.2) is 54.7 Å². The molecular formula is C19H22N4O3. The number of piperazine rings is 1. The number of carbonyl (C=O) groups excluding carboxylic acids is 2. The van der Waals surface area contributed by atoms with Crippen molar-refractivity contribution in [1.29, 1.82) is 0 Å². The second-order valence-electron chi connectivity index (χ2n) is 5.89. The summed E-state index contributed by atoms with van der Waals surface area (Å²) in [6, 6.07) is 12.7. The number of anilines is 2. The van der Waals surface area contributed by atoms with Crippen molar-refractivity contribution in [2.45, 2.75) is 6.92 Å². The third-order valence-electron chi connectivity index (χ3n) is 4.20. The molecular weight excluding hydrogens is 332 g/mol. The summed E-state index contributed by atoms with van der Waals surface area (Å²) in [7, 11) is 0. The minimum Gasteiger partial charge on any atom is -0.450 e. The molecule has 1 aliphatic rings. The zero-order valence-corrected chi connectivity index (χ0v) is 14.7. The lowest BCUT2D eigenvalue weighted by Crippen LogP contribution is -2.49. The van der Waals surface area contributed by atoms with E-state index in [-0.39, 0.29) is 12.0 Å². The molecule has 0 atom stereocenters. The highest BCUT2D eigenvalue weighted by Crippen LogP contribution is 2.18. The summed E-state index contributed by atoms with van der Waals surface area (Å²) in [4.78, 5) is 32.1. The molecule has 1 N–H and O–H groups in total. The first-order valence-electron chi connectivity index (χ1n) is 8.66. The van der Waals surface area contributed by atoms with Gasteiger partial charge in [0.2, 0.25) is 0 Å². The smallest absolute Gasteiger partial charge is 0.409 e. The van der Waals surface area contributed by atoms with E-state index in [4.69, 9.17) is 4.74 Å². The predicted molar refractivity (Wildman–Crippen MR) is 99.4 cm³/mol. The van der Waals surface area contributed by atoms with Crippen LogP contribution in [0.3, 0.4) is 0 Å². The van der Waals surface area contributed by atoms with Crippen LogP contribution in [0.25, 0.3) is 0 Å². The fourth-order valence-electron chi connectivity index (χ4n) is 2.79. The maximum atomic E-state index is 12.1. The molecule has 136 valence electrons. The Hall–Kier alpha value is -3.09. The molecule has 7 heteroatoms. The minimum atomic E-state index is -0.260. The van der Waals surface area contributed by atoms with Crippen LogP contribution in [0.4, 0.5) is 16.3 Å². The Bertz CT molecular complexity index is 741. The highest BCUT2D eigenvalue weighted by molar-refractivity contribution is 6.03. The topological polar surface area (TPSA) is 74.8 Å². The molecule has 0 saturated carbocycles. The Labute approximate surface area is 152 Å². The monoisotopic (exact) mass is 354 g/mol. The molecule has 1 aliphatic heterocycles. The van der Waals surface area contributed by atoms with Gasteiger partial charge in [0.25, 0.3) is 5.91 Å². The van der Waals surface area contributed by atoms with Crippen molar-refractivity contribution in [3.05, 3.63) is 54.2 Å². The van der Waals surface area contributed by atoms with E-state index >= 15 is 0 Å². The lowest BCUT2D eigenvalue weighted by atomic mass is 10.2. The normalized spacial score (nSPS) is 14.0. The number of hydrogen-bond acceptors (Lipinski definition) is 5. The zero-order chi connectivity index (χ0) is 18.4. The van der Waals surface area contributed by atoms with Crippen molar-refractivity contribution in [2.75, 3.05) is 43.0 Å². The van der Waals surface area contributed by atoms with Gasteiger partial charge in [-0.3, -0.25) is 4.79 Å². The summed E-state index contributed by atoms with van der Waals surface area (Å²) >= 11 is 0. The molecule has 26 heavy (non-hydrogen) atoms. The molecule has 2 aromatic rings. The van der Waals surface area contributed by atoms with E-state index in [1.54, 1.807) is 36.2 Å². The van der Waals surface area contributed by atoms with Crippen LogP contribution in [0, 0.1) is 0 Å². The molecule has 0 unspecified atom stereocenters. The molecule has 0 aliphatic carbocycles. The molecule has 0 radical (unpaired) electrons. The lowest BCUT2D eigenvalue weighted by molar-refractivity contribution is 0.102. The van der Waals surface area contributed by atoms with Crippen molar-refractivity contribution in [1.82, 2.24) is 9.88 Å². The van der Waals surface area contributed by atoms with E-state index < -0.39 is 0 Å². The first-order chi connectivity index (χ1) is 12.7. The number of nitrogens with one attached hydrogen (secondary N) is 1. The van der Waals surface area contributed by atoms with E-state index in [1.807, 2.05) is 24.3 Å². The summed E-state index contributed by atoms with van der Waals surface area (Å²) in [6.07, 6.45) is 1.48. The van der Waals surface area contributed by atoms with Gasteiger partial charge in [0.05, 0.1) is 18.5 Å². The quantitative estimate of drug-likeness (QED) is 0.913. The van der Waals surface area contributed by atoms with Gasteiger partial charge < -0.3 is 19.9 Å². The zero-order valence-electron chi connectivity index (χ0n) is 14.7. The Morgan fingerprint density at radius 2 is 1.81 bits per heavy atom. The fourth-order valence-corrected chi connectivity index (χ4v) is 2.79. The maximum absolute atomic E-state index is 12.1. The average molecular weight is 354 g/mol. The van der Waals surface area contributed by atoms with Crippen LogP contribution in [0.1, 0.15) is 17.3 Å². The molecule has 1 aromatic carbocycles.